The van der Waals surface area contributed by atoms with Crippen LogP contribution in [0.5, 0.6) is 0 Å². The van der Waals surface area contributed by atoms with Crippen molar-refractivity contribution in [1.29, 1.82) is 0 Å². The molecule has 0 N–H and O–H groups in total. The molecule has 0 aromatic carbocycles. The van der Waals surface area contributed by atoms with Gasteiger partial charge in [0.25, 0.3) is 0 Å². The molecule has 0 rings (SSSR count). The maximum atomic E-state index is 5.06. The van der Waals surface area contributed by atoms with Gasteiger partial charge in [-0.05, 0) is 24.7 Å². The van der Waals surface area contributed by atoms with E-state index in [-0.39, 0.29) is 17.1 Å². The summed E-state index contributed by atoms with van der Waals surface area (Å²) in [5.41, 5.74) is 0. The molecule has 0 heterocycles. The zero-order chi connectivity index (χ0) is 11.1. The van der Waals surface area contributed by atoms with Crippen molar-refractivity contribution < 1.29 is 17.1 Å². The minimum Gasteiger partial charge on any atom is -0.411 e. The Morgan fingerprint density at radius 3 is 1.60 bits per heavy atom. The smallest absolute Gasteiger partial charge is 0.411 e. The Morgan fingerprint density at radius 1 is 1.07 bits per heavy atom. The van der Waals surface area contributed by atoms with Crippen molar-refractivity contribution in [2.75, 3.05) is 13.1 Å². The van der Waals surface area contributed by atoms with Gasteiger partial charge in [-0.1, -0.05) is 32.0 Å². The standard InChI is InChI=1S/C11H23NS2.Cu/c1-9(2)5-7-12(11(13)14)8-6-10(3)4;/h9-10H,5-8H2,1-4H3,(H,13,14);/q;+1/p-1. The van der Waals surface area contributed by atoms with Gasteiger partial charge in [0.15, 0.2) is 0 Å². The monoisotopic (exact) mass is 295 g/mol. The number of hydrogen-bond acceptors (Lipinski definition) is 2. The Morgan fingerprint density at radius 2 is 1.40 bits per heavy atom. The van der Waals surface area contributed by atoms with Crippen LogP contribution in [0.4, 0.5) is 0 Å². The van der Waals surface area contributed by atoms with Crippen molar-refractivity contribution in [3.63, 3.8) is 0 Å². The summed E-state index contributed by atoms with van der Waals surface area (Å²) in [4.78, 5) is 2.16. The van der Waals surface area contributed by atoms with Crippen LogP contribution in [0.1, 0.15) is 40.5 Å². The summed E-state index contributed by atoms with van der Waals surface area (Å²) in [7, 11) is 0. The minimum absolute atomic E-state index is 0. The van der Waals surface area contributed by atoms with E-state index < -0.39 is 0 Å². The number of hydrogen-bond donors (Lipinski definition) is 0. The van der Waals surface area contributed by atoms with Gasteiger partial charge in [0.05, 0.1) is 0 Å². The van der Waals surface area contributed by atoms with Gasteiger partial charge in [-0.2, -0.15) is 0 Å². The van der Waals surface area contributed by atoms with Crippen molar-refractivity contribution in [2.24, 2.45) is 11.8 Å². The van der Waals surface area contributed by atoms with E-state index >= 15 is 0 Å². The van der Waals surface area contributed by atoms with Crippen molar-refractivity contribution in [3.8, 4) is 0 Å². The van der Waals surface area contributed by atoms with Gasteiger partial charge in [0.1, 0.15) is 0 Å². The number of nitrogens with zero attached hydrogens (tertiary/aromatic N) is 1. The second-order valence-corrected chi connectivity index (χ2v) is 5.65. The molecule has 0 aliphatic rings. The molecular formula is C11H22CuNS2. The van der Waals surface area contributed by atoms with Gasteiger partial charge in [-0.3, -0.25) is 0 Å². The summed E-state index contributed by atoms with van der Waals surface area (Å²) < 4.78 is 0.631. The fraction of sp³-hybridized carbons (Fsp3) is 0.909. The molecule has 0 saturated heterocycles. The molecule has 0 spiro atoms. The van der Waals surface area contributed by atoms with Crippen molar-refractivity contribution in [1.82, 2.24) is 4.90 Å². The van der Waals surface area contributed by atoms with Crippen LogP contribution in [0.2, 0.25) is 0 Å². The molecule has 0 bridgehead atoms. The maximum Gasteiger partial charge on any atom is 1.00 e. The van der Waals surface area contributed by atoms with Crippen LogP contribution in [0.25, 0.3) is 0 Å². The zero-order valence-electron chi connectivity index (χ0n) is 10.0. The van der Waals surface area contributed by atoms with E-state index in [0.717, 1.165) is 24.9 Å². The van der Waals surface area contributed by atoms with Crippen molar-refractivity contribution in [3.05, 3.63) is 0 Å². The minimum atomic E-state index is 0. The molecule has 4 heteroatoms. The molecule has 0 amide bonds. The first-order valence-electron chi connectivity index (χ1n) is 5.39. The van der Waals surface area contributed by atoms with Gasteiger partial charge in [0.2, 0.25) is 0 Å². The van der Waals surface area contributed by atoms with E-state index in [1.165, 1.54) is 12.8 Å². The molecule has 0 aromatic heterocycles. The summed E-state index contributed by atoms with van der Waals surface area (Å²) in [5, 5.41) is 0. The fourth-order valence-corrected chi connectivity index (χ4v) is 1.49. The quantitative estimate of drug-likeness (QED) is 0.421. The SMILES string of the molecule is CC(C)CCN(CCC(C)C)C(=S)[S-].[Cu+]. The van der Waals surface area contributed by atoms with E-state index in [1.807, 2.05) is 0 Å². The average molecular weight is 296 g/mol. The topological polar surface area (TPSA) is 3.24 Å². The van der Waals surface area contributed by atoms with Crippen LogP contribution in [0.3, 0.4) is 0 Å². The molecule has 0 aliphatic heterocycles. The first-order valence-corrected chi connectivity index (χ1v) is 6.21. The van der Waals surface area contributed by atoms with E-state index in [0.29, 0.717) is 4.32 Å². The average Bonchev–Trinajstić information content (AvgIpc) is 2.02. The first-order chi connectivity index (χ1) is 6.43. The van der Waals surface area contributed by atoms with E-state index in [4.69, 9.17) is 24.8 Å². The molecule has 0 saturated carbocycles. The summed E-state index contributed by atoms with van der Waals surface area (Å²) in [6, 6.07) is 0. The van der Waals surface area contributed by atoms with Crippen LogP contribution in [0, 0.1) is 11.8 Å². The molecule has 15 heavy (non-hydrogen) atoms. The Bertz CT molecular complexity index is 160. The number of rotatable bonds is 6. The fourth-order valence-electron chi connectivity index (χ4n) is 1.12. The largest absolute Gasteiger partial charge is 1.00 e. The van der Waals surface area contributed by atoms with Gasteiger partial charge in [-0.15, -0.1) is 0 Å². The molecule has 1 nitrogen and oxygen atoms in total. The Balaban J connectivity index is 0. The Hall–Kier alpha value is 0.629. The van der Waals surface area contributed by atoms with Gasteiger partial charge in [0, 0.05) is 13.1 Å². The maximum absolute atomic E-state index is 5.06. The summed E-state index contributed by atoms with van der Waals surface area (Å²) in [6.45, 7) is 11.0. The predicted octanol–water partition coefficient (Wildman–Crippen LogP) is 3.21. The molecular weight excluding hydrogens is 274 g/mol. The molecule has 0 aliphatic carbocycles. The normalized spacial score (nSPS) is 10.3. The van der Waals surface area contributed by atoms with Crippen molar-refractivity contribution in [2.45, 2.75) is 40.5 Å². The van der Waals surface area contributed by atoms with Gasteiger partial charge in [-0.25, -0.2) is 0 Å². The predicted molar refractivity (Wildman–Crippen MR) is 70.4 cm³/mol. The van der Waals surface area contributed by atoms with Gasteiger partial charge < -0.3 is 29.7 Å². The van der Waals surface area contributed by atoms with Gasteiger partial charge >= 0.3 is 17.1 Å². The molecule has 0 fully saturated rings. The van der Waals surface area contributed by atoms with Crippen LogP contribution < -0.4 is 0 Å². The van der Waals surface area contributed by atoms with E-state index in [2.05, 4.69) is 32.6 Å². The first kappa shape index (κ1) is 18.0. The van der Waals surface area contributed by atoms with E-state index in [9.17, 15) is 0 Å². The van der Waals surface area contributed by atoms with Crippen LogP contribution >= 0.6 is 12.2 Å². The summed E-state index contributed by atoms with van der Waals surface area (Å²) in [6.07, 6.45) is 2.35. The van der Waals surface area contributed by atoms with Crippen molar-refractivity contribution >= 4 is 29.2 Å². The Labute approximate surface area is 116 Å². The van der Waals surface area contributed by atoms with Crippen LogP contribution in [0.15, 0.2) is 0 Å². The second kappa shape index (κ2) is 9.83. The summed E-state index contributed by atoms with van der Waals surface area (Å²) >= 11 is 10.1. The second-order valence-electron chi connectivity index (χ2n) is 4.62. The molecule has 0 unspecified atom stereocenters. The molecule has 0 atom stereocenters. The molecule has 0 radical (unpaired) electrons. The number of thiocarbonyl (C=S) groups is 1. The third-order valence-corrected chi connectivity index (χ3v) is 2.73. The molecule has 0 aromatic rings. The Kier molecular flexibility index (Phi) is 11.8. The summed E-state index contributed by atoms with van der Waals surface area (Å²) in [5.74, 6) is 1.45. The zero-order valence-corrected chi connectivity index (χ0v) is 12.6. The van der Waals surface area contributed by atoms with Crippen LogP contribution in [-0.4, -0.2) is 22.3 Å². The molecule has 94 valence electrons. The third-order valence-electron chi connectivity index (χ3n) is 2.21. The third kappa shape index (κ3) is 10.9. The van der Waals surface area contributed by atoms with Crippen LogP contribution in [-0.2, 0) is 29.7 Å². The van der Waals surface area contributed by atoms with E-state index in [1.54, 1.807) is 0 Å².